The van der Waals surface area contributed by atoms with Crippen LogP contribution >= 0.6 is 38.9 Å². The normalized spacial score (nSPS) is 17.1. The van der Waals surface area contributed by atoms with Gasteiger partial charge in [0.05, 0.1) is 12.2 Å². The van der Waals surface area contributed by atoms with Gasteiger partial charge in [-0.05, 0) is 35.8 Å². The summed E-state index contributed by atoms with van der Waals surface area (Å²) in [5.74, 6) is 0. The van der Waals surface area contributed by atoms with Gasteiger partial charge in [-0.3, -0.25) is 0 Å². The van der Waals surface area contributed by atoms with Crippen molar-refractivity contribution in [3.63, 3.8) is 0 Å². The number of hydrogen-bond donors (Lipinski definition) is 2. The molecule has 6 heteroatoms. The zero-order valence-corrected chi connectivity index (χ0v) is 12.3. The van der Waals surface area contributed by atoms with E-state index in [1.54, 1.807) is 6.92 Å². The van der Waals surface area contributed by atoms with E-state index >= 15 is 0 Å². The molecule has 3 unspecified atom stereocenters. The number of aliphatic hydroxyl groups excluding tert-OH is 1. The molecule has 1 heterocycles. The lowest BCUT2D eigenvalue weighted by molar-refractivity contribution is -0.0579. The second-order valence-corrected chi connectivity index (χ2v) is 6.12. The summed E-state index contributed by atoms with van der Waals surface area (Å²) in [5, 5.41) is 9.37. The van der Waals surface area contributed by atoms with E-state index in [-0.39, 0.29) is 12.2 Å². The number of aliphatic hydroxyl groups is 1. The molecule has 0 amide bonds. The minimum atomic E-state index is -0.520. The number of thiophene rings is 1. The minimum absolute atomic E-state index is 0.224. The van der Waals surface area contributed by atoms with Crippen molar-refractivity contribution in [3.8, 4) is 0 Å². The molecular formula is C10H15BrClNO2S. The van der Waals surface area contributed by atoms with Gasteiger partial charge in [0.2, 0.25) is 0 Å². The van der Waals surface area contributed by atoms with E-state index in [0.717, 1.165) is 9.35 Å². The summed E-state index contributed by atoms with van der Waals surface area (Å²) in [7, 11) is 0. The predicted molar refractivity (Wildman–Crippen MR) is 71.1 cm³/mol. The Morgan fingerprint density at radius 1 is 1.62 bits per heavy atom. The molecule has 16 heavy (non-hydrogen) atoms. The maximum atomic E-state index is 9.37. The second kappa shape index (κ2) is 6.33. The number of rotatable bonds is 5. The molecule has 1 aromatic heterocycles. The first-order chi connectivity index (χ1) is 7.45. The Morgan fingerprint density at radius 2 is 2.25 bits per heavy atom. The lowest BCUT2D eigenvalue weighted by Crippen LogP contribution is -2.27. The molecule has 0 radical (unpaired) electrons. The summed E-state index contributed by atoms with van der Waals surface area (Å²) in [4.78, 5) is 0.965. The van der Waals surface area contributed by atoms with Crippen molar-refractivity contribution >= 4 is 38.9 Å². The maximum absolute atomic E-state index is 9.37. The summed E-state index contributed by atoms with van der Waals surface area (Å²) in [6, 6.07) is 1.90. The third kappa shape index (κ3) is 3.68. The molecule has 0 spiro atoms. The van der Waals surface area contributed by atoms with Gasteiger partial charge in [0, 0.05) is 15.9 Å². The molecule has 3 N–H and O–H groups in total. The summed E-state index contributed by atoms with van der Waals surface area (Å²) >= 11 is 10.7. The molecule has 3 nitrogen and oxygen atoms in total. The fourth-order valence-corrected chi connectivity index (χ4v) is 2.92. The van der Waals surface area contributed by atoms with Gasteiger partial charge in [0.15, 0.2) is 0 Å². The quantitative estimate of drug-likeness (QED) is 0.874. The van der Waals surface area contributed by atoms with Crippen molar-refractivity contribution in [2.45, 2.75) is 32.2 Å². The summed E-state index contributed by atoms with van der Waals surface area (Å²) in [6.07, 6.45) is -1.00. The Morgan fingerprint density at radius 3 is 2.62 bits per heavy atom. The Labute approximate surface area is 113 Å². The van der Waals surface area contributed by atoms with Crippen LogP contribution in [-0.4, -0.2) is 23.9 Å². The number of hydrogen-bond acceptors (Lipinski definition) is 4. The van der Waals surface area contributed by atoms with E-state index < -0.39 is 6.10 Å². The van der Waals surface area contributed by atoms with Crippen LogP contribution in [0.1, 0.15) is 24.8 Å². The standard InChI is InChI=1S/C10H15BrClNO2S/c1-5(14)6(2)15-8(4-13)9-3-7(11)10(12)16-9/h3,5-6,8,14H,4,13H2,1-2H3. The van der Waals surface area contributed by atoms with E-state index in [1.807, 2.05) is 13.0 Å². The summed E-state index contributed by atoms with van der Waals surface area (Å²) in [5.41, 5.74) is 5.65. The first-order valence-corrected chi connectivity index (χ1v) is 6.92. The molecule has 92 valence electrons. The van der Waals surface area contributed by atoms with Gasteiger partial charge < -0.3 is 15.6 Å². The maximum Gasteiger partial charge on any atom is 0.107 e. The van der Waals surface area contributed by atoms with Gasteiger partial charge in [-0.2, -0.15) is 0 Å². The highest BCUT2D eigenvalue weighted by atomic mass is 79.9. The Hall–Kier alpha value is 0.350. The molecule has 0 aliphatic rings. The molecule has 0 aromatic carbocycles. The highest BCUT2D eigenvalue weighted by Gasteiger charge is 2.20. The van der Waals surface area contributed by atoms with Gasteiger partial charge in [-0.25, -0.2) is 0 Å². The number of nitrogens with two attached hydrogens (primary N) is 1. The molecule has 0 aliphatic heterocycles. The SMILES string of the molecule is CC(O)C(C)OC(CN)c1cc(Br)c(Cl)s1. The molecule has 0 saturated carbocycles. The van der Waals surface area contributed by atoms with Crippen LogP contribution in [0.15, 0.2) is 10.5 Å². The number of ether oxygens (including phenoxy) is 1. The molecule has 0 bridgehead atoms. The lowest BCUT2D eigenvalue weighted by Gasteiger charge is -2.22. The van der Waals surface area contributed by atoms with Gasteiger partial charge in [0.1, 0.15) is 10.4 Å². The molecule has 1 rings (SSSR count). The third-order valence-corrected chi connectivity index (χ3v) is 4.82. The predicted octanol–water partition coefficient (Wildman–Crippen LogP) is 2.95. The van der Waals surface area contributed by atoms with Crippen molar-refractivity contribution in [2.75, 3.05) is 6.54 Å². The van der Waals surface area contributed by atoms with E-state index in [0.29, 0.717) is 10.9 Å². The van der Waals surface area contributed by atoms with Gasteiger partial charge in [-0.1, -0.05) is 11.6 Å². The Balaban J connectivity index is 2.74. The second-order valence-electron chi connectivity index (χ2n) is 3.58. The topological polar surface area (TPSA) is 55.5 Å². The van der Waals surface area contributed by atoms with Crippen molar-refractivity contribution in [1.29, 1.82) is 0 Å². The van der Waals surface area contributed by atoms with Crippen molar-refractivity contribution < 1.29 is 9.84 Å². The van der Waals surface area contributed by atoms with Crippen LogP contribution < -0.4 is 5.73 Å². The fraction of sp³-hybridized carbons (Fsp3) is 0.600. The highest BCUT2D eigenvalue weighted by molar-refractivity contribution is 9.10. The zero-order valence-electron chi connectivity index (χ0n) is 9.11. The van der Waals surface area contributed by atoms with Crippen LogP contribution in [-0.2, 0) is 4.74 Å². The number of halogens is 2. The highest BCUT2D eigenvalue weighted by Crippen LogP contribution is 2.36. The molecule has 0 fully saturated rings. The van der Waals surface area contributed by atoms with Crippen LogP contribution in [0.4, 0.5) is 0 Å². The lowest BCUT2D eigenvalue weighted by atomic mass is 10.2. The van der Waals surface area contributed by atoms with Crippen molar-refractivity contribution in [2.24, 2.45) is 5.73 Å². The van der Waals surface area contributed by atoms with E-state index in [4.69, 9.17) is 22.1 Å². The molecular weight excluding hydrogens is 314 g/mol. The zero-order chi connectivity index (χ0) is 12.3. The van der Waals surface area contributed by atoms with Crippen molar-refractivity contribution in [3.05, 3.63) is 19.8 Å². The van der Waals surface area contributed by atoms with Crippen LogP contribution in [0.25, 0.3) is 0 Å². The largest absolute Gasteiger partial charge is 0.391 e. The molecule has 0 saturated heterocycles. The van der Waals surface area contributed by atoms with Gasteiger partial charge in [-0.15, -0.1) is 11.3 Å². The van der Waals surface area contributed by atoms with E-state index in [2.05, 4.69) is 15.9 Å². The summed E-state index contributed by atoms with van der Waals surface area (Å²) in [6.45, 7) is 3.87. The van der Waals surface area contributed by atoms with E-state index in [9.17, 15) is 5.11 Å². The van der Waals surface area contributed by atoms with Crippen LogP contribution in [0.3, 0.4) is 0 Å². The molecule has 0 aliphatic carbocycles. The van der Waals surface area contributed by atoms with Crippen molar-refractivity contribution in [1.82, 2.24) is 0 Å². The van der Waals surface area contributed by atoms with Crippen LogP contribution in [0.5, 0.6) is 0 Å². The Bertz CT molecular complexity index is 326. The van der Waals surface area contributed by atoms with Gasteiger partial charge in [0.25, 0.3) is 0 Å². The summed E-state index contributed by atoms with van der Waals surface area (Å²) < 4.78 is 7.20. The fourth-order valence-electron chi connectivity index (χ4n) is 1.13. The van der Waals surface area contributed by atoms with Crippen LogP contribution in [0, 0.1) is 0 Å². The first kappa shape index (κ1) is 14.4. The first-order valence-electron chi connectivity index (χ1n) is 4.94. The average Bonchev–Trinajstić information content (AvgIpc) is 2.55. The Kier molecular flexibility index (Phi) is 5.70. The van der Waals surface area contributed by atoms with Crippen LogP contribution in [0.2, 0.25) is 4.34 Å². The third-order valence-electron chi connectivity index (χ3n) is 2.25. The van der Waals surface area contributed by atoms with Gasteiger partial charge >= 0.3 is 0 Å². The van der Waals surface area contributed by atoms with E-state index in [1.165, 1.54) is 11.3 Å². The minimum Gasteiger partial charge on any atom is -0.391 e. The average molecular weight is 329 g/mol. The molecule has 3 atom stereocenters. The monoisotopic (exact) mass is 327 g/mol. The molecule has 1 aromatic rings. The smallest absolute Gasteiger partial charge is 0.107 e.